The molecule has 1 fully saturated rings. The van der Waals surface area contributed by atoms with E-state index < -0.39 is 0 Å². The first kappa shape index (κ1) is 18.9. The highest BCUT2D eigenvalue weighted by atomic mass is 79.9. The molecule has 3 atom stereocenters. The van der Waals surface area contributed by atoms with E-state index in [1.165, 1.54) is 6.07 Å². The Bertz CT molecular complexity index is 1070. The molecule has 148 valence electrons. The van der Waals surface area contributed by atoms with E-state index in [9.17, 15) is 4.39 Å². The van der Waals surface area contributed by atoms with Crippen LogP contribution in [0.2, 0.25) is 0 Å². The normalized spacial score (nSPS) is 23.3. The number of benzene rings is 1. The number of hydrogen-bond acceptors (Lipinski definition) is 5. The van der Waals surface area contributed by atoms with E-state index >= 15 is 0 Å². The van der Waals surface area contributed by atoms with E-state index in [-0.39, 0.29) is 17.9 Å². The summed E-state index contributed by atoms with van der Waals surface area (Å²) >= 11 is 5.10. The molecule has 4 heterocycles. The topological polar surface area (TPSA) is 41.6 Å². The number of furan rings is 1. The molecule has 2 aliphatic heterocycles. The molecule has 0 spiro atoms. The maximum absolute atomic E-state index is 14.5. The van der Waals surface area contributed by atoms with E-state index in [0.29, 0.717) is 21.8 Å². The average Bonchev–Trinajstić information content (AvgIpc) is 3.43. The first-order valence-corrected chi connectivity index (χ1v) is 11.4. The van der Waals surface area contributed by atoms with Crippen molar-refractivity contribution in [2.24, 2.45) is 4.99 Å². The van der Waals surface area contributed by atoms with Crippen molar-refractivity contribution >= 4 is 32.9 Å². The van der Waals surface area contributed by atoms with Crippen molar-refractivity contribution in [1.29, 1.82) is 0 Å². The van der Waals surface area contributed by atoms with Crippen molar-refractivity contribution in [3.05, 3.63) is 76.5 Å². The van der Waals surface area contributed by atoms with Crippen molar-refractivity contribution in [1.82, 2.24) is 9.88 Å². The Balaban J connectivity index is 1.56. The van der Waals surface area contributed by atoms with Gasteiger partial charge in [-0.3, -0.25) is 4.98 Å². The van der Waals surface area contributed by atoms with Gasteiger partial charge in [0.2, 0.25) is 0 Å². The van der Waals surface area contributed by atoms with Gasteiger partial charge in [-0.05, 0) is 48.9 Å². The number of pyridine rings is 1. The summed E-state index contributed by atoms with van der Waals surface area (Å²) in [7, 11) is 0. The van der Waals surface area contributed by atoms with Crippen molar-refractivity contribution < 1.29 is 8.81 Å². The summed E-state index contributed by atoms with van der Waals surface area (Å²) in [6.45, 7) is 2.20. The molecule has 3 aromatic rings. The van der Waals surface area contributed by atoms with Crippen LogP contribution in [0, 0.1) is 5.82 Å². The summed E-state index contributed by atoms with van der Waals surface area (Å²) in [6.07, 6.45) is 2.83. The van der Waals surface area contributed by atoms with Gasteiger partial charge in [-0.15, -0.1) is 0 Å². The second kappa shape index (κ2) is 7.61. The van der Waals surface area contributed by atoms with Gasteiger partial charge >= 0.3 is 0 Å². The Labute approximate surface area is 181 Å². The van der Waals surface area contributed by atoms with Gasteiger partial charge in [0.25, 0.3) is 0 Å². The molecular formula is C22H19BrFN3OS. The lowest BCUT2D eigenvalue weighted by Crippen LogP contribution is -2.35. The summed E-state index contributed by atoms with van der Waals surface area (Å²) in [5.41, 5.74) is 1.37. The minimum atomic E-state index is -0.312. The van der Waals surface area contributed by atoms with Gasteiger partial charge in [0.15, 0.2) is 5.17 Å². The monoisotopic (exact) mass is 471 g/mol. The van der Waals surface area contributed by atoms with Gasteiger partial charge in [-0.2, -0.15) is 0 Å². The number of amidine groups is 1. The van der Waals surface area contributed by atoms with E-state index in [2.05, 4.69) is 32.7 Å². The summed E-state index contributed by atoms with van der Waals surface area (Å²) in [4.78, 5) is 11.9. The molecule has 29 heavy (non-hydrogen) atoms. The Morgan fingerprint density at radius 1 is 1.24 bits per heavy atom. The fourth-order valence-corrected chi connectivity index (χ4v) is 5.68. The van der Waals surface area contributed by atoms with Gasteiger partial charge in [0.05, 0.1) is 11.3 Å². The van der Waals surface area contributed by atoms with Gasteiger partial charge in [-0.1, -0.05) is 40.7 Å². The quantitative estimate of drug-likeness (QED) is 0.452. The van der Waals surface area contributed by atoms with Crippen LogP contribution in [0.1, 0.15) is 36.9 Å². The fraction of sp³-hybridized carbons (Fsp3) is 0.273. The van der Waals surface area contributed by atoms with Crippen LogP contribution in [0.15, 0.2) is 68.6 Å². The highest BCUT2D eigenvalue weighted by Crippen LogP contribution is 2.49. The van der Waals surface area contributed by atoms with E-state index in [0.717, 1.165) is 28.8 Å². The highest BCUT2D eigenvalue weighted by Gasteiger charge is 2.46. The number of aliphatic imine (C=N–C) groups is 1. The second-order valence-corrected chi connectivity index (χ2v) is 9.07. The maximum Gasteiger partial charge on any atom is 0.161 e. The third kappa shape index (κ3) is 3.30. The van der Waals surface area contributed by atoms with E-state index in [4.69, 9.17) is 9.41 Å². The first-order valence-electron chi connectivity index (χ1n) is 9.60. The molecule has 2 aliphatic rings. The van der Waals surface area contributed by atoms with Gasteiger partial charge in [0, 0.05) is 22.5 Å². The lowest BCUT2D eigenvalue weighted by molar-refractivity contribution is 0.226. The fourth-order valence-electron chi connectivity index (χ4n) is 4.01. The number of hydrogen-bond donors (Lipinski definition) is 0. The SMILES string of the molecule is CC[C@H]1CSC2=N[C@@H](c3ccccn3)[C@@H](c3ccc(-c4ccc(Br)cc4F)o3)N21. The Kier molecular flexibility index (Phi) is 4.95. The zero-order valence-electron chi connectivity index (χ0n) is 15.8. The summed E-state index contributed by atoms with van der Waals surface area (Å²) < 4.78 is 21.4. The molecule has 0 N–H and O–H groups in total. The molecule has 7 heteroatoms. The van der Waals surface area contributed by atoms with Gasteiger partial charge in [0.1, 0.15) is 29.4 Å². The molecule has 0 unspecified atom stereocenters. The minimum absolute atomic E-state index is 0.0768. The van der Waals surface area contributed by atoms with Crippen molar-refractivity contribution in [2.75, 3.05) is 5.75 Å². The molecular weight excluding hydrogens is 453 g/mol. The zero-order chi connectivity index (χ0) is 20.0. The van der Waals surface area contributed by atoms with E-state index in [1.807, 2.05) is 36.4 Å². The van der Waals surface area contributed by atoms with Gasteiger partial charge < -0.3 is 9.32 Å². The lowest BCUT2D eigenvalue weighted by atomic mass is 10.0. The van der Waals surface area contributed by atoms with Crippen LogP contribution >= 0.6 is 27.7 Å². The number of rotatable bonds is 4. The predicted molar refractivity (Wildman–Crippen MR) is 117 cm³/mol. The molecule has 1 saturated heterocycles. The molecule has 0 amide bonds. The largest absolute Gasteiger partial charge is 0.459 e. The first-order chi connectivity index (χ1) is 14.2. The Morgan fingerprint density at radius 2 is 2.14 bits per heavy atom. The Hall–Kier alpha value is -2.12. The summed E-state index contributed by atoms with van der Waals surface area (Å²) in [6, 6.07) is 14.9. The smallest absolute Gasteiger partial charge is 0.161 e. The van der Waals surface area contributed by atoms with Crippen LogP contribution in [0.3, 0.4) is 0 Å². The number of aromatic nitrogens is 1. The van der Waals surface area contributed by atoms with Crippen LogP contribution < -0.4 is 0 Å². The van der Waals surface area contributed by atoms with Crippen LogP contribution in [0.4, 0.5) is 4.39 Å². The molecule has 0 radical (unpaired) electrons. The van der Waals surface area contributed by atoms with Crippen molar-refractivity contribution in [3.63, 3.8) is 0 Å². The highest BCUT2D eigenvalue weighted by molar-refractivity contribution is 9.10. The van der Waals surface area contributed by atoms with Crippen molar-refractivity contribution in [3.8, 4) is 11.3 Å². The molecule has 5 rings (SSSR count). The third-order valence-corrected chi connectivity index (χ3v) is 7.06. The van der Waals surface area contributed by atoms with E-state index in [1.54, 1.807) is 24.0 Å². The van der Waals surface area contributed by atoms with Crippen LogP contribution in [0.5, 0.6) is 0 Å². The molecule has 0 aliphatic carbocycles. The van der Waals surface area contributed by atoms with Crippen LogP contribution in [-0.4, -0.2) is 26.8 Å². The van der Waals surface area contributed by atoms with Crippen LogP contribution in [-0.2, 0) is 0 Å². The predicted octanol–water partition coefficient (Wildman–Crippen LogP) is 6.22. The molecule has 0 saturated carbocycles. The molecule has 4 nitrogen and oxygen atoms in total. The maximum atomic E-state index is 14.5. The third-order valence-electron chi connectivity index (χ3n) is 5.44. The molecule has 2 aromatic heterocycles. The number of thioether (sulfide) groups is 1. The lowest BCUT2D eigenvalue weighted by Gasteiger charge is -2.30. The molecule has 0 bridgehead atoms. The average molecular weight is 472 g/mol. The minimum Gasteiger partial charge on any atom is -0.459 e. The number of fused-ring (bicyclic) bond motifs is 1. The number of halogens is 2. The Morgan fingerprint density at radius 3 is 2.90 bits per heavy atom. The summed E-state index contributed by atoms with van der Waals surface area (Å²) in [5.74, 6) is 2.03. The molecule has 1 aromatic carbocycles. The standard InChI is InChI=1S/C22H19BrFN3OS/c1-2-14-12-29-22-26-20(17-5-3-4-10-25-17)21(27(14)22)19-9-8-18(28-19)15-7-6-13(23)11-16(15)24/h3-11,14,20-21H,2,12H2,1H3/t14-,20-,21+/m0/s1. The van der Waals surface area contributed by atoms with Crippen LogP contribution in [0.25, 0.3) is 11.3 Å². The van der Waals surface area contributed by atoms with Gasteiger partial charge in [-0.25, -0.2) is 9.38 Å². The van der Waals surface area contributed by atoms with Crippen molar-refractivity contribution in [2.45, 2.75) is 31.5 Å². The second-order valence-electron chi connectivity index (χ2n) is 7.16. The summed E-state index contributed by atoms with van der Waals surface area (Å²) in [5, 5.41) is 1.05. The number of nitrogens with zero attached hydrogens (tertiary/aromatic N) is 3. The zero-order valence-corrected chi connectivity index (χ0v) is 18.2.